The predicted octanol–water partition coefficient (Wildman–Crippen LogP) is 5.26. The molecule has 1 heterocycles. The van der Waals surface area contributed by atoms with Crippen LogP contribution in [-0.2, 0) is 0 Å². The normalized spacial score (nSPS) is 10.7. The molecule has 1 amide bonds. The molecule has 0 fully saturated rings. The molecule has 33 heavy (non-hydrogen) atoms. The fourth-order valence-electron chi connectivity index (χ4n) is 3.50. The van der Waals surface area contributed by atoms with Crippen molar-refractivity contribution in [3.05, 3.63) is 71.3 Å². The topological polar surface area (TPSA) is 85.6 Å². The number of rotatable bonds is 5. The van der Waals surface area contributed by atoms with Crippen LogP contribution in [0.2, 0.25) is 0 Å². The summed E-state index contributed by atoms with van der Waals surface area (Å²) in [5.41, 5.74) is 5.59. The van der Waals surface area contributed by atoms with Crippen molar-refractivity contribution in [2.24, 2.45) is 0 Å². The number of nitrogens with zero attached hydrogens (tertiary/aromatic N) is 1. The number of anilines is 1. The van der Waals surface area contributed by atoms with E-state index in [-0.39, 0.29) is 11.0 Å². The first kappa shape index (κ1) is 22.3. The summed E-state index contributed by atoms with van der Waals surface area (Å²) in [7, 11) is 3.04. The molecule has 0 saturated heterocycles. The number of aromatic nitrogens is 1. The summed E-state index contributed by atoms with van der Waals surface area (Å²) >= 11 is 5.32. The smallest absolute Gasteiger partial charge is 0.257 e. The van der Waals surface area contributed by atoms with Gasteiger partial charge >= 0.3 is 0 Å². The van der Waals surface area contributed by atoms with Crippen molar-refractivity contribution in [3.63, 3.8) is 0 Å². The molecule has 0 aliphatic carbocycles. The fraction of sp³-hybridized carbons (Fsp3) is 0.160. The molecule has 1 aromatic heterocycles. The molecule has 0 unspecified atom stereocenters. The van der Waals surface area contributed by atoms with Gasteiger partial charge in [-0.1, -0.05) is 17.2 Å². The van der Waals surface area contributed by atoms with Crippen LogP contribution < -0.4 is 20.1 Å². The van der Waals surface area contributed by atoms with Crippen LogP contribution in [0.1, 0.15) is 21.5 Å². The molecule has 0 atom stereocenters. The van der Waals surface area contributed by atoms with Crippen molar-refractivity contribution in [3.8, 4) is 23.0 Å². The van der Waals surface area contributed by atoms with Gasteiger partial charge in [0.05, 0.1) is 14.2 Å². The molecule has 0 bridgehead atoms. The van der Waals surface area contributed by atoms with Crippen molar-refractivity contribution in [2.75, 3.05) is 19.5 Å². The second-order valence-corrected chi connectivity index (χ2v) is 8.00. The van der Waals surface area contributed by atoms with Gasteiger partial charge in [0, 0.05) is 22.9 Å². The summed E-state index contributed by atoms with van der Waals surface area (Å²) in [4.78, 5) is 17.2. The zero-order valence-corrected chi connectivity index (χ0v) is 19.5. The van der Waals surface area contributed by atoms with Crippen LogP contribution in [0, 0.1) is 13.8 Å². The van der Waals surface area contributed by atoms with Gasteiger partial charge in [-0.3, -0.25) is 10.1 Å². The zero-order valence-electron chi connectivity index (χ0n) is 18.7. The average Bonchev–Trinajstić information content (AvgIpc) is 3.21. The number of ether oxygens (including phenoxy) is 2. The number of hydrogen-bond donors (Lipinski definition) is 2. The van der Waals surface area contributed by atoms with Gasteiger partial charge in [0.15, 0.2) is 10.7 Å². The summed E-state index contributed by atoms with van der Waals surface area (Å²) in [6, 6.07) is 16.5. The Labute approximate surface area is 196 Å². The molecule has 4 aromatic rings. The maximum Gasteiger partial charge on any atom is 0.257 e. The van der Waals surface area contributed by atoms with E-state index in [1.54, 1.807) is 18.2 Å². The molecule has 8 heteroatoms. The van der Waals surface area contributed by atoms with E-state index in [1.165, 1.54) is 14.2 Å². The highest BCUT2D eigenvalue weighted by Crippen LogP contribution is 2.28. The van der Waals surface area contributed by atoms with E-state index in [1.807, 2.05) is 44.2 Å². The lowest BCUT2D eigenvalue weighted by Gasteiger charge is -2.11. The predicted molar refractivity (Wildman–Crippen MR) is 132 cm³/mol. The molecular weight excluding hydrogens is 438 g/mol. The monoisotopic (exact) mass is 461 g/mol. The summed E-state index contributed by atoms with van der Waals surface area (Å²) in [5, 5.41) is 5.83. The second-order valence-electron chi connectivity index (χ2n) is 7.59. The lowest BCUT2D eigenvalue weighted by molar-refractivity contribution is 0.0977. The van der Waals surface area contributed by atoms with E-state index in [4.69, 9.17) is 26.1 Å². The first-order valence-electron chi connectivity index (χ1n) is 10.2. The maximum absolute atomic E-state index is 12.6. The number of fused-ring (bicyclic) bond motifs is 1. The van der Waals surface area contributed by atoms with Crippen molar-refractivity contribution in [2.45, 2.75) is 13.8 Å². The highest BCUT2D eigenvalue weighted by atomic mass is 32.1. The van der Waals surface area contributed by atoms with Crippen LogP contribution in [0.15, 0.2) is 59.0 Å². The number of hydrogen-bond acceptors (Lipinski definition) is 6. The molecule has 0 aliphatic rings. The Morgan fingerprint density at radius 3 is 2.24 bits per heavy atom. The van der Waals surface area contributed by atoms with Gasteiger partial charge in [0.2, 0.25) is 5.89 Å². The molecule has 0 spiro atoms. The van der Waals surface area contributed by atoms with Crippen LogP contribution in [0.25, 0.3) is 22.6 Å². The van der Waals surface area contributed by atoms with Crippen LogP contribution >= 0.6 is 12.2 Å². The van der Waals surface area contributed by atoms with Gasteiger partial charge in [-0.05, 0) is 68.5 Å². The van der Waals surface area contributed by atoms with E-state index < -0.39 is 0 Å². The Hall–Kier alpha value is -3.91. The van der Waals surface area contributed by atoms with E-state index >= 15 is 0 Å². The van der Waals surface area contributed by atoms with Crippen LogP contribution in [0.4, 0.5) is 5.69 Å². The zero-order chi connectivity index (χ0) is 23.5. The molecule has 0 aliphatic heterocycles. The first-order valence-corrected chi connectivity index (χ1v) is 10.6. The fourth-order valence-corrected chi connectivity index (χ4v) is 3.71. The number of carbonyl (C=O) groups excluding carboxylic acids is 1. The van der Waals surface area contributed by atoms with E-state index in [9.17, 15) is 4.79 Å². The number of oxazole rings is 1. The highest BCUT2D eigenvalue weighted by Gasteiger charge is 2.13. The van der Waals surface area contributed by atoms with Gasteiger partial charge < -0.3 is 19.2 Å². The Bertz CT molecular complexity index is 1320. The SMILES string of the molecule is COc1cc(OC)cc(C(=O)NC(=S)Nc2ccc3oc(-c4cc(C)cc(C)c4)nc3c2)c1. The third kappa shape index (κ3) is 5.12. The van der Waals surface area contributed by atoms with Gasteiger partial charge in [0.1, 0.15) is 17.0 Å². The standard InChI is InChI=1S/C25H23N3O4S/c1-14-7-15(2)9-17(8-14)24-27-21-12-18(5-6-22(21)32-24)26-25(33)28-23(29)16-10-19(30-3)13-20(11-16)31-4/h5-13H,1-4H3,(H2,26,28,29,33). The van der Waals surface area contributed by atoms with Crippen molar-refractivity contribution in [1.82, 2.24) is 10.3 Å². The van der Waals surface area contributed by atoms with Crippen LogP contribution in [0.5, 0.6) is 11.5 Å². The molecule has 3 aromatic carbocycles. The third-order valence-electron chi connectivity index (χ3n) is 4.95. The number of aryl methyl sites for hydroxylation is 2. The number of methoxy groups -OCH3 is 2. The minimum absolute atomic E-state index is 0.152. The minimum atomic E-state index is -0.385. The first-order chi connectivity index (χ1) is 15.8. The largest absolute Gasteiger partial charge is 0.497 e. The maximum atomic E-state index is 12.6. The molecule has 0 saturated carbocycles. The lowest BCUT2D eigenvalue weighted by Crippen LogP contribution is -2.34. The van der Waals surface area contributed by atoms with Crippen molar-refractivity contribution in [1.29, 1.82) is 0 Å². The number of amides is 1. The molecule has 2 N–H and O–H groups in total. The summed E-state index contributed by atoms with van der Waals surface area (Å²) < 4.78 is 16.3. The number of thiocarbonyl (C=S) groups is 1. The summed E-state index contributed by atoms with van der Waals surface area (Å²) in [5.74, 6) is 1.19. The molecule has 7 nitrogen and oxygen atoms in total. The average molecular weight is 462 g/mol. The van der Waals surface area contributed by atoms with E-state index in [0.717, 1.165) is 16.7 Å². The molecule has 0 radical (unpaired) electrons. The molecular formula is C25H23N3O4S. The van der Waals surface area contributed by atoms with Gasteiger partial charge in [-0.25, -0.2) is 4.98 Å². The van der Waals surface area contributed by atoms with Gasteiger partial charge in [-0.15, -0.1) is 0 Å². The Balaban J connectivity index is 1.49. The Morgan fingerprint density at radius 1 is 0.939 bits per heavy atom. The third-order valence-corrected chi connectivity index (χ3v) is 5.16. The Kier molecular flexibility index (Phi) is 6.28. The van der Waals surface area contributed by atoms with Crippen LogP contribution in [-0.4, -0.2) is 30.2 Å². The molecule has 168 valence electrons. The van der Waals surface area contributed by atoms with Gasteiger partial charge in [-0.2, -0.15) is 0 Å². The van der Waals surface area contributed by atoms with E-state index in [2.05, 4.69) is 21.7 Å². The Morgan fingerprint density at radius 2 is 1.61 bits per heavy atom. The van der Waals surface area contributed by atoms with Crippen LogP contribution in [0.3, 0.4) is 0 Å². The van der Waals surface area contributed by atoms with Crippen molar-refractivity contribution >= 4 is 40.0 Å². The molecule has 4 rings (SSSR count). The number of carbonyl (C=O) groups is 1. The number of nitrogens with one attached hydrogen (secondary N) is 2. The van der Waals surface area contributed by atoms with Gasteiger partial charge in [0.25, 0.3) is 5.91 Å². The minimum Gasteiger partial charge on any atom is -0.497 e. The van der Waals surface area contributed by atoms with Crippen molar-refractivity contribution < 1.29 is 18.7 Å². The summed E-state index contributed by atoms with van der Waals surface area (Å²) in [6.45, 7) is 4.08. The lowest BCUT2D eigenvalue weighted by atomic mass is 10.1. The quantitative estimate of drug-likeness (QED) is 0.392. The number of benzene rings is 3. The second kappa shape index (κ2) is 9.30. The summed E-state index contributed by atoms with van der Waals surface area (Å²) in [6.07, 6.45) is 0. The highest BCUT2D eigenvalue weighted by molar-refractivity contribution is 7.80. The van der Waals surface area contributed by atoms with E-state index in [0.29, 0.717) is 39.7 Å².